The van der Waals surface area contributed by atoms with Gasteiger partial charge in [0.05, 0.1) is 17.4 Å². The molecular weight excluding hydrogens is 348 g/mol. The third kappa shape index (κ3) is 2.54. The van der Waals surface area contributed by atoms with Crippen molar-refractivity contribution in [2.24, 2.45) is 12.0 Å². The number of ether oxygens (including phenoxy) is 2. The van der Waals surface area contributed by atoms with Gasteiger partial charge in [-0.2, -0.15) is 0 Å². The molecule has 1 aromatic carbocycles. The van der Waals surface area contributed by atoms with Gasteiger partial charge in [0.25, 0.3) is 0 Å². The monoisotopic (exact) mass is 362 g/mol. The van der Waals surface area contributed by atoms with Crippen LogP contribution in [0.4, 0.5) is 0 Å². The van der Waals surface area contributed by atoms with Crippen molar-refractivity contribution in [1.29, 1.82) is 0 Å². The van der Waals surface area contributed by atoms with Crippen molar-refractivity contribution in [1.82, 2.24) is 4.57 Å². The Balaban J connectivity index is 1.98. The fourth-order valence-electron chi connectivity index (χ4n) is 2.44. The van der Waals surface area contributed by atoms with Gasteiger partial charge in [0.2, 0.25) is 5.90 Å². The minimum absolute atomic E-state index is 0.409. The summed E-state index contributed by atoms with van der Waals surface area (Å²) < 4.78 is 13.7. The van der Waals surface area contributed by atoms with E-state index in [4.69, 9.17) is 9.47 Å². The van der Waals surface area contributed by atoms with E-state index in [1.54, 1.807) is 0 Å². The van der Waals surface area contributed by atoms with Crippen molar-refractivity contribution in [2.75, 3.05) is 7.11 Å². The molecule has 0 spiro atoms. The molecule has 1 aliphatic rings. The largest absolute Gasteiger partial charge is 0.467 e. The van der Waals surface area contributed by atoms with Crippen molar-refractivity contribution in [3.8, 4) is 0 Å². The molecule has 2 heterocycles. The molecule has 0 fully saturated rings. The smallest absolute Gasteiger partial charge is 0.335 e. The zero-order chi connectivity index (χ0) is 15.7. The van der Waals surface area contributed by atoms with Gasteiger partial charge in [-0.15, -0.1) is 0 Å². The van der Waals surface area contributed by atoms with Gasteiger partial charge >= 0.3 is 5.97 Å². The fraction of sp³-hybridized carbons (Fsp3) is 0.250. The Morgan fingerprint density at radius 2 is 2.00 bits per heavy atom. The Morgan fingerprint density at radius 3 is 2.59 bits per heavy atom. The zero-order valence-corrected chi connectivity index (χ0v) is 13.8. The highest BCUT2D eigenvalue weighted by Crippen LogP contribution is 2.33. The number of methoxy groups -OCH3 is 1. The molecule has 5 nitrogen and oxygen atoms in total. The van der Waals surface area contributed by atoms with Crippen molar-refractivity contribution in [3.05, 3.63) is 58.3 Å². The number of halogens is 1. The second kappa shape index (κ2) is 5.96. The van der Waals surface area contributed by atoms with Crippen LogP contribution < -0.4 is 0 Å². The predicted molar refractivity (Wildman–Crippen MR) is 85.7 cm³/mol. The van der Waals surface area contributed by atoms with Gasteiger partial charge in [-0.3, -0.25) is 0 Å². The van der Waals surface area contributed by atoms with E-state index < -0.39 is 18.1 Å². The summed E-state index contributed by atoms with van der Waals surface area (Å²) in [4.78, 5) is 16.5. The van der Waals surface area contributed by atoms with Crippen LogP contribution in [0.3, 0.4) is 0 Å². The van der Waals surface area contributed by atoms with Crippen molar-refractivity contribution < 1.29 is 14.3 Å². The molecule has 1 aromatic heterocycles. The van der Waals surface area contributed by atoms with Crippen LogP contribution in [0.2, 0.25) is 0 Å². The SMILES string of the molecule is COC(=O)C1N=C(c2ccccc2)OC1c1ccc(Br)n1C. The molecule has 0 aliphatic carbocycles. The van der Waals surface area contributed by atoms with Crippen LogP contribution >= 0.6 is 15.9 Å². The summed E-state index contributed by atoms with van der Waals surface area (Å²) in [5, 5.41) is 0. The average molecular weight is 363 g/mol. The molecule has 2 atom stereocenters. The second-order valence-electron chi connectivity index (χ2n) is 4.95. The Bertz CT molecular complexity index is 724. The van der Waals surface area contributed by atoms with E-state index >= 15 is 0 Å². The summed E-state index contributed by atoms with van der Waals surface area (Å²) in [6.45, 7) is 0. The first-order valence-electron chi connectivity index (χ1n) is 6.80. The third-order valence-corrected chi connectivity index (χ3v) is 4.43. The summed E-state index contributed by atoms with van der Waals surface area (Å²) in [7, 11) is 3.26. The molecule has 0 saturated heterocycles. The first-order chi connectivity index (χ1) is 10.6. The van der Waals surface area contributed by atoms with Gasteiger partial charge in [-0.05, 0) is 40.2 Å². The summed E-state index contributed by atoms with van der Waals surface area (Å²) >= 11 is 3.45. The molecule has 2 aromatic rings. The Morgan fingerprint density at radius 1 is 1.27 bits per heavy atom. The van der Waals surface area contributed by atoms with Gasteiger partial charge in [0.1, 0.15) is 0 Å². The van der Waals surface area contributed by atoms with E-state index in [0.717, 1.165) is 15.9 Å². The molecule has 0 amide bonds. The Hall–Kier alpha value is -2.08. The van der Waals surface area contributed by atoms with Crippen LogP contribution in [0.15, 0.2) is 52.1 Å². The molecule has 0 N–H and O–H groups in total. The normalized spacial score (nSPS) is 20.4. The van der Waals surface area contributed by atoms with E-state index in [1.807, 2.05) is 54.1 Å². The number of carbonyl (C=O) groups excluding carboxylic acids is 1. The van der Waals surface area contributed by atoms with Crippen LogP contribution in [-0.4, -0.2) is 29.6 Å². The quantitative estimate of drug-likeness (QED) is 0.788. The number of hydrogen-bond acceptors (Lipinski definition) is 4. The molecule has 3 rings (SSSR count). The van der Waals surface area contributed by atoms with Crippen LogP contribution in [0.1, 0.15) is 17.4 Å². The highest BCUT2D eigenvalue weighted by molar-refractivity contribution is 9.10. The maximum atomic E-state index is 12.1. The van der Waals surface area contributed by atoms with Crippen LogP contribution in [0.25, 0.3) is 0 Å². The first-order valence-corrected chi connectivity index (χ1v) is 7.60. The number of rotatable bonds is 3. The standard InChI is InChI=1S/C16H15BrN2O3/c1-19-11(8-9-12(19)17)14-13(16(20)21-2)18-15(22-14)10-6-4-3-5-7-10/h3-9,13-14H,1-2H3. The number of aliphatic imine (C=N–C) groups is 1. The molecule has 114 valence electrons. The molecule has 6 heteroatoms. The van der Waals surface area contributed by atoms with Crippen LogP contribution in [-0.2, 0) is 21.3 Å². The van der Waals surface area contributed by atoms with Crippen LogP contribution in [0, 0.1) is 0 Å². The van der Waals surface area contributed by atoms with Gasteiger partial charge < -0.3 is 14.0 Å². The lowest BCUT2D eigenvalue weighted by Gasteiger charge is -2.17. The van der Waals surface area contributed by atoms with Gasteiger partial charge in [0, 0.05) is 12.6 Å². The number of aromatic nitrogens is 1. The predicted octanol–water partition coefficient (Wildman–Crippen LogP) is 2.85. The molecule has 1 aliphatic heterocycles. The lowest BCUT2D eigenvalue weighted by Crippen LogP contribution is -2.26. The second-order valence-corrected chi connectivity index (χ2v) is 5.76. The van der Waals surface area contributed by atoms with Gasteiger partial charge in [-0.1, -0.05) is 18.2 Å². The lowest BCUT2D eigenvalue weighted by molar-refractivity contribution is -0.143. The Labute approximate surface area is 136 Å². The maximum absolute atomic E-state index is 12.1. The number of hydrogen-bond donors (Lipinski definition) is 0. The molecule has 22 heavy (non-hydrogen) atoms. The number of benzene rings is 1. The fourth-order valence-corrected chi connectivity index (χ4v) is 2.78. The summed E-state index contributed by atoms with van der Waals surface area (Å²) in [5.74, 6) is 0.0478. The van der Waals surface area contributed by atoms with E-state index in [9.17, 15) is 4.79 Å². The number of carbonyl (C=O) groups is 1. The van der Waals surface area contributed by atoms with Gasteiger partial charge in [0.15, 0.2) is 12.1 Å². The molecule has 0 bridgehead atoms. The summed E-state index contributed by atoms with van der Waals surface area (Å²) in [6, 6.07) is 12.6. The van der Waals surface area contributed by atoms with E-state index in [1.165, 1.54) is 7.11 Å². The average Bonchev–Trinajstić information content (AvgIpc) is 3.12. The zero-order valence-electron chi connectivity index (χ0n) is 12.2. The minimum atomic E-state index is -0.708. The third-order valence-electron chi connectivity index (χ3n) is 3.64. The van der Waals surface area contributed by atoms with Crippen molar-refractivity contribution in [2.45, 2.75) is 12.1 Å². The molecule has 0 radical (unpaired) electrons. The topological polar surface area (TPSA) is 52.8 Å². The van der Waals surface area contributed by atoms with Crippen molar-refractivity contribution >= 4 is 27.8 Å². The number of nitrogens with zero attached hydrogens (tertiary/aromatic N) is 2. The molecular formula is C16H15BrN2O3. The first kappa shape index (κ1) is 14.8. The summed E-state index contributed by atoms with van der Waals surface area (Å²) in [6.07, 6.45) is -0.501. The van der Waals surface area contributed by atoms with E-state index in [2.05, 4.69) is 20.9 Å². The molecule has 0 saturated carbocycles. The minimum Gasteiger partial charge on any atom is -0.467 e. The highest BCUT2D eigenvalue weighted by atomic mass is 79.9. The summed E-state index contributed by atoms with van der Waals surface area (Å²) in [5.41, 5.74) is 1.70. The van der Waals surface area contributed by atoms with E-state index in [-0.39, 0.29) is 0 Å². The highest BCUT2D eigenvalue weighted by Gasteiger charge is 2.40. The van der Waals surface area contributed by atoms with Gasteiger partial charge in [-0.25, -0.2) is 9.79 Å². The lowest BCUT2D eigenvalue weighted by atomic mass is 10.1. The van der Waals surface area contributed by atoms with Crippen LogP contribution in [0.5, 0.6) is 0 Å². The van der Waals surface area contributed by atoms with Crippen molar-refractivity contribution in [3.63, 3.8) is 0 Å². The Kier molecular flexibility index (Phi) is 4.02. The molecule has 2 unspecified atom stereocenters. The number of esters is 1. The maximum Gasteiger partial charge on any atom is 0.335 e. The van der Waals surface area contributed by atoms with E-state index in [0.29, 0.717) is 5.90 Å².